The summed E-state index contributed by atoms with van der Waals surface area (Å²) >= 11 is 0. The van der Waals surface area contributed by atoms with Crippen LogP contribution in [0, 0.1) is 0 Å². The van der Waals surface area contributed by atoms with Crippen molar-refractivity contribution < 1.29 is 14.3 Å². The highest BCUT2D eigenvalue weighted by molar-refractivity contribution is 6.42. The lowest BCUT2D eigenvalue weighted by atomic mass is 9.71. The SMILES string of the molecule is COc1ccc(N2c3ccccc3C(C)(C)c3c2ccc2cc(C=C4C(=O)c5cc6ccccc6cc5C4=O)ccc32)cc1. The largest absolute Gasteiger partial charge is 0.497 e. The lowest BCUT2D eigenvalue weighted by Gasteiger charge is -2.42. The molecule has 0 N–H and O–H groups in total. The molecule has 8 rings (SSSR count). The number of hydrogen-bond acceptors (Lipinski definition) is 4. The number of rotatable bonds is 3. The van der Waals surface area contributed by atoms with Crippen LogP contribution in [0.15, 0.2) is 121 Å². The number of carbonyl (C=O) groups is 2. The highest BCUT2D eigenvalue weighted by Gasteiger charge is 2.38. The van der Waals surface area contributed by atoms with Gasteiger partial charge in [-0.05, 0) is 98.9 Å². The van der Waals surface area contributed by atoms with Crippen LogP contribution < -0.4 is 9.64 Å². The van der Waals surface area contributed by atoms with Crippen LogP contribution in [0.5, 0.6) is 5.75 Å². The molecule has 1 aliphatic carbocycles. The van der Waals surface area contributed by atoms with Gasteiger partial charge < -0.3 is 9.64 Å². The van der Waals surface area contributed by atoms with Gasteiger partial charge in [0.2, 0.25) is 0 Å². The minimum atomic E-state index is -0.268. The second kappa shape index (κ2) is 9.51. The molecule has 0 saturated carbocycles. The monoisotopic (exact) mass is 571 g/mol. The summed E-state index contributed by atoms with van der Waals surface area (Å²) in [6.07, 6.45) is 1.75. The number of nitrogens with zero attached hydrogens (tertiary/aromatic N) is 1. The van der Waals surface area contributed by atoms with Gasteiger partial charge in [-0.1, -0.05) is 74.5 Å². The number of para-hydroxylation sites is 1. The molecular weight excluding hydrogens is 542 g/mol. The van der Waals surface area contributed by atoms with Crippen LogP contribution in [0.2, 0.25) is 0 Å². The average Bonchev–Trinajstić information content (AvgIpc) is 3.27. The molecule has 6 aromatic carbocycles. The lowest BCUT2D eigenvalue weighted by Crippen LogP contribution is -2.30. The third-order valence-corrected chi connectivity index (χ3v) is 9.21. The van der Waals surface area contributed by atoms with Crippen LogP contribution in [0.25, 0.3) is 27.6 Å². The summed E-state index contributed by atoms with van der Waals surface area (Å²) < 4.78 is 5.43. The molecule has 44 heavy (non-hydrogen) atoms. The fourth-order valence-corrected chi connectivity index (χ4v) is 7.05. The van der Waals surface area contributed by atoms with Crippen molar-refractivity contribution in [2.75, 3.05) is 12.0 Å². The van der Waals surface area contributed by atoms with E-state index in [1.54, 1.807) is 13.2 Å². The maximum Gasteiger partial charge on any atom is 0.197 e. The van der Waals surface area contributed by atoms with Crippen molar-refractivity contribution >= 4 is 56.2 Å². The van der Waals surface area contributed by atoms with Crippen LogP contribution in [0.1, 0.15) is 51.3 Å². The second-order valence-electron chi connectivity index (χ2n) is 12.1. The van der Waals surface area contributed by atoms with Crippen LogP contribution in [-0.2, 0) is 5.41 Å². The van der Waals surface area contributed by atoms with Gasteiger partial charge in [0.1, 0.15) is 5.75 Å². The number of Topliss-reactive ketones (excluding diaryl/α,β-unsaturated/α-hetero) is 2. The van der Waals surface area contributed by atoms with E-state index < -0.39 is 0 Å². The summed E-state index contributed by atoms with van der Waals surface area (Å²) in [5.74, 6) is 0.388. The Bertz CT molecular complexity index is 2170. The summed E-state index contributed by atoms with van der Waals surface area (Å²) in [4.78, 5) is 29.2. The van der Waals surface area contributed by atoms with Crippen molar-refractivity contribution in [3.8, 4) is 5.75 Å². The zero-order valence-corrected chi connectivity index (χ0v) is 24.7. The predicted octanol–water partition coefficient (Wildman–Crippen LogP) is 9.57. The van der Waals surface area contributed by atoms with Gasteiger partial charge in [-0.25, -0.2) is 0 Å². The first kappa shape index (κ1) is 26.2. The van der Waals surface area contributed by atoms with E-state index >= 15 is 0 Å². The second-order valence-corrected chi connectivity index (χ2v) is 12.1. The minimum Gasteiger partial charge on any atom is -0.497 e. The number of ketones is 2. The van der Waals surface area contributed by atoms with Crippen molar-refractivity contribution in [2.45, 2.75) is 19.3 Å². The standard InChI is InChI=1S/C40H29NO3/c1-40(2)34-10-6-7-11-35(34)41(28-14-16-29(44-3)17-15-28)36-19-13-27-20-24(12-18-30(27)37(36)40)21-33-38(42)31-22-25-8-4-5-9-26(25)23-32(31)39(33)43/h4-23H,1-3H3. The molecule has 0 spiro atoms. The number of hydrogen-bond donors (Lipinski definition) is 0. The first-order valence-corrected chi connectivity index (χ1v) is 14.8. The quantitative estimate of drug-likeness (QED) is 0.157. The molecule has 0 unspecified atom stereocenters. The number of anilines is 3. The summed E-state index contributed by atoms with van der Waals surface area (Å²) in [5, 5.41) is 4.11. The summed E-state index contributed by atoms with van der Waals surface area (Å²) in [7, 11) is 1.68. The molecule has 4 heteroatoms. The molecule has 0 radical (unpaired) electrons. The smallest absolute Gasteiger partial charge is 0.197 e. The van der Waals surface area contributed by atoms with Crippen molar-refractivity contribution in [2.24, 2.45) is 0 Å². The molecule has 212 valence electrons. The Balaban J connectivity index is 1.26. The zero-order chi connectivity index (χ0) is 30.2. The third-order valence-electron chi connectivity index (χ3n) is 9.21. The van der Waals surface area contributed by atoms with Crippen molar-refractivity contribution in [3.05, 3.63) is 149 Å². The predicted molar refractivity (Wildman–Crippen MR) is 178 cm³/mol. The molecule has 2 aliphatic rings. The van der Waals surface area contributed by atoms with E-state index in [4.69, 9.17) is 4.74 Å². The minimum absolute atomic E-state index is 0.214. The average molecular weight is 572 g/mol. The van der Waals surface area contributed by atoms with Gasteiger partial charge in [-0.15, -0.1) is 0 Å². The highest BCUT2D eigenvalue weighted by atomic mass is 16.5. The topological polar surface area (TPSA) is 46.6 Å². The number of ether oxygens (including phenoxy) is 1. The number of carbonyl (C=O) groups excluding carboxylic acids is 2. The fourth-order valence-electron chi connectivity index (χ4n) is 7.05. The van der Waals surface area contributed by atoms with E-state index in [2.05, 4.69) is 79.4 Å². The lowest BCUT2D eigenvalue weighted by molar-refractivity contribution is 0.0990. The molecule has 1 heterocycles. The van der Waals surface area contributed by atoms with Gasteiger partial charge in [-0.2, -0.15) is 0 Å². The molecule has 4 nitrogen and oxygen atoms in total. The Morgan fingerprint density at radius 1 is 0.659 bits per heavy atom. The summed E-state index contributed by atoms with van der Waals surface area (Å²) in [6, 6.07) is 38.8. The van der Waals surface area contributed by atoms with Gasteiger partial charge in [-0.3, -0.25) is 9.59 Å². The molecule has 0 atom stereocenters. The van der Waals surface area contributed by atoms with Gasteiger partial charge in [0.25, 0.3) is 0 Å². The first-order chi connectivity index (χ1) is 21.3. The number of allylic oxidation sites excluding steroid dienone is 1. The van der Waals surface area contributed by atoms with Crippen molar-refractivity contribution in [1.29, 1.82) is 0 Å². The molecular formula is C40H29NO3. The Morgan fingerprint density at radius 3 is 2.00 bits per heavy atom. The van der Waals surface area contributed by atoms with Gasteiger partial charge in [0, 0.05) is 22.2 Å². The number of benzene rings is 6. The van der Waals surface area contributed by atoms with E-state index in [1.807, 2.05) is 54.6 Å². The Hall–Kier alpha value is -5.48. The summed E-state index contributed by atoms with van der Waals surface area (Å²) in [6.45, 7) is 4.56. The van der Waals surface area contributed by atoms with Crippen LogP contribution >= 0.6 is 0 Å². The molecule has 1 aliphatic heterocycles. The molecule has 0 aromatic heterocycles. The normalized spacial score (nSPS) is 14.9. The maximum absolute atomic E-state index is 13.4. The summed E-state index contributed by atoms with van der Waals surface area (Å²) in [5.41, 5.74) is 7.55. The van der Waals surface area contributed by atoms with Gasteiger partial charge in [0.05, 0.1) is 24.1 Å². The van der Waals surface area contributed by atoms with Gasteiger partial charge >= 0.3 is 0 Å². The van der Waals surface area contributed by atoms with Crippen LogP contribution in [0.3, 0.4) is 0 Å². The highest BCUT2D eigenvalue weighted by Crippen LogP contribution is 2.54. The van der Waals surface area contributed by atoms with E-state index in [1.165, 1.54) is 11.1 Å². The number of methoxy groups -OCH3 is 1. The molecule has 0 amide bonds. The van der Waals surface area contributed by atoms with Crippen LogP contribution in [0.4, 0.5) is 17.1 Å². The van der Waals surface area contributed by atoms with E-state index in [-0.39, 0.29) is 22.6 Å². The zero-order valence-electron chi connectivity index (χ0n) is 24.7. The van der Waals surface area contributed by atoms with Crippen LogP contribution in [-0.4, -0.2) is 18.7 Å². The van der Waals surface area contributed by atoms with Gasteiger partial charge in [0.15, 0.2) is 11.6 Å². The Kier molecular flexibility index (Phi) is 5.66. The van der Waals surface area contributed by atoms with Crippen molar-refractivity contribution in [3.63, 3.8) is 0 Å². The van der Waals surface area contributed by atoms with E-state index in [9.17, 15) is 9.59 Å². The van der Waals surface area contributed by atoms with E-state index in [0.29, 0.717) is 11.1 Å². The third kappa shape index (κ3) is 3.77. The molecule has 0 fully saturated rings. The van der Waals surface area contributed by atoms with E-state index in [0.717, 1.165) is 49.9 Å². The Morgan fingerprint density at radius 2 is 1.32 bits per heavy atom. The first-order valence-electron chi connectivity index (χ1n) is 14.8. The molecule has 6 aromatic rings. The Labute approximate surface area is 255 Å². The van der Waals surface area contributed by atoms with Crippen molar-refractivity contribution in [1.82, 2.24) is 0 Å². The number of fused-ring (bicyclic) bond motifs is 6. The maximum atomic E-state index is 13.4. The molecule has 0 bridgehead atoms. The molecule has 0 saturated heterocycles. The fraction of sp³-hybridized carbons (Fsp3) is 0.100.